The highest BCUT2D eigenvalue weighted by Crippen LogP contribution is 2.30. The number of nitrogens with zero attached hydrogens (tertiary/aromatic N) is 3. The highest BCUT2D eigenvalue weighted by molar-refractivity contribution is 7.89. The molecule has 4 rings (SSSR count). The number of amides is 3. The maximum Gasteiger partial charge on any atom is 0.282 e. The molecule has 1 saturated heterocycles. The Bertz CT molecular complexity index is 1250. The van der Waals surface area contributed by atoms with Gasteiger partial charge in [-0.1, -0.05) is 18.2 Å². The predicted molar refractivity (Wildman–Crippen MR) is 115 cm³/mol. The van der Waals surface area contributed by atoms with Crippen LogP contribution in [0.25, 0.3) is 0 Å². The Morgan fingerprint density at radius 1 is 1.03 bits per heavy atom. The summed E-state index contributed by atoms with van der Waals surface area (Å²) in [6, 6.07) is 9.83. The topological polar surface area (TPSA) is 147 Å². The predicted octanol–water partition coefficient (Wildman–Crippen LogP) is 1.29. The van der Waals surface area contributed by atoms with E-state index in [0.717, 1.165) is 18.9 Å². The second-order valence-corrected chi connectivity index (χ2v) is 9.62. The SMILES string of the molecule is O=C(CN1C(=O)c2cccc([N+](=O)[O-])c2C1=O)NCc1ccc(S(=O)(=O)N2CCCC2)cc1. The molecule has 2 aliphatic rings. The van der Waals surface area contributed by atoms with Crippen molar-refractivity contribution in [3.63, 3.8) is 0 Å². The Hall–Kier alpha value is -3.64. The number of benzene rings is 2. The summed E-state index contributed by atoms with van der Waals surface area (Å²) in [6.45, 7) is 0.458. The molecule has 0 aliphatic carbocycles. The molecular formula is C21H20N4O7S. The van der Waals surface area contributed by atoms with Gasteiger partial charge in [-0.15, -0.1) is 0 Å². The summed E-state index contributed by atoms with van der Waals surface area (Å²) in [5.41, 5.74) is -0.300. The number of nitro groups is 1. The summed E-state index contributed by atoms with van der Waals surface area (Å²) in [5, 5.41) is 13.7. The van der Waals surface area contributed by atoms with Crippen LogP contribution in [-0.4, -0.2) is 59.9 Å². The Morgan fingerprint density at radius 3 is 2.33 bits per heavy atom. The van der Waals surface area contributed by atoms with Crippen LogP contribution in [-0.2, 0) is 21.4 Å². The largest absolute Gasteiger partial charge is 0.350 e. The summed E-state index contributed by atoms with van der Waals surface area (Å²) in [7, 11) is -3.53. The minimum absolute atomic E-state index is 0.0478. The minimum Gasteiger partial charge on any atom is -0.350 e. The summed E-state index contributed by atoms with van der Waals surface area (Å²) >= 11 is 0. The molecule has 0 atom stereocenters. The van der Waals surface area contributed by atoms with Gasteiger partial charge in [0, 0.05) is 25.7 Å². The first-order valence-electron chi connectivity index (χ1n) is 10.2. The molecular weight excluding hydrogens is 452 g/mol. The van der Waals surface area contributed by atoms with Crippen molar-refractivity contribution >= 4 is 33.4 Å². The van der Waals surface area contributed by atoms with Crippen LogP contribution in [0.4, 0.5) is 5.69 Å². The van der Waals surface area contributed by atoms with E-state index in [1.54, 1.807) is 12.1 Å². The lowest BCUT2D eigenvalue weighted by atomic mass is 10.1. The minimum atomic E-state index is -3.53. The third kappa shape index (κ3) is 4.22. The fourth-order valence-corrected chi connectivity index (χ4v) is 5.39. The maximum absolute atomic E-state index is 12.6. The van der Waals surface area contributed by atoms with Gasteiger partial charge in [0.1, 0.15) is 12.1 Å². The quantitative estimate of drug-likeness (QED) is 0.363. The number of sulfonamides is 1. The molecule has 11 nitrogen and oxygen atoms in total. The van der Waals surface area contributed by atoms with Gasteiger partial charge in [-0.3, -0.25) is 29.4 Å². The van der Waals surface area contributed by atoms with E-state index in [1.165, 1.54) is 28.6 Å². The number of hydrogen-bond acceptors (Lipinski definition) is 7. The number of nitrogens with one attached hydrogen (secondary N) is 1. The van der Waals surface area contributed by atoms with Gasteiger partial charge in [-0.2, -0.15) is 4.31 Å². The van der Waals surface area contributed by atoms with E-state index in [0.29, 0.717) is 23.6 Å². The molecule has 1 fully saturated rings. The van der Waals surface area contributed by atoms with Gasteiger partial charge in [0.2, 0.25) is 15.9 Å². The number of fused-ring (bicyclic) bond motifs is 1. The summed E-state index contributed by atoms with van der Waals surface area (Å²) in [5.74, 6) is -2.31. The van der Waals surface area contributed by atoms with E-state index >= 15 is 0 Å². The van der Waals surface area contributed by atoms with Gasteiger partial charge >= 0.3 is 0 Å². The standard InChI is InChI=1S/C21H20N4O7S/c26-18(13-24-20(27)16-4-3-5-17(25(29)30)19(16)21(24)28)22-12-14-6-8-15(9-7-14)33(31,32)23-10-1-2-11-23/h3-9H,1-2,10-13H2,(H,22,26). The van der Waals surface area contributed by atoms with Crippen LogP contribution in [0.5, 0.6) is 0 Å². The molecule has 3 amide bonds. The smallest absolute Gasteiger partial charge is 0.282 e. The molecule has 12 heteroatoms. The van der Waals surface area contributed by atoms with Crippen LogP contribution in [0.15, 0.2) is 47.4 Å². The van der Waals surface area contributed by atoms with E-state index < -0.39 is 44.9 Å². The van der Waals surface area contributed by atoms with Gasteiger partial charge < -0.3 is 5.32 Å². The number of nitro benzene ring substituents is 1. The fraction of sp³-hybridized carbons (Fsp3) is 0.286. The van der Waals surface area contributed by atoms with Crippen LogP contribution in [0.3, 0.4) is 0 Å². The molecule has 0 radical (unpaired) electrons. The molecule has 33 heavy (non-hydrogen) atoms. The average molecular weight is 472 g/mol. The normalized spacial score (nSPS) is 16.2. The maximum atomic E-state index is 12.6. The van der Waals surface area contributed by atoms with Crippen molar-refractivity contribution in [1.82, 2.24) is 14.5 Å². The van der Waals surface area contributed by atoms with Crippen molar-refractivity contribution < 1.29 is 27.7 Å². The molecule has 2 aromatic carbocycles. The second kappa shape index (κ2) is 8.71. The number of imide groups is 1. The fourth-order valence-electron chi connectivity index (χ4n) is 3.87. The van der Waals surface area contributed by atoms with Crippen molar-refractivity contribution in [2.24, 2.45) is 0 Å². The highest BCUT2D eigenvalue weighted by atomic mass is 32.2. The van der Waals surface area contributed by atoms with Crippen molar-refractivity contribution in [3.05, 3.63) is 69.3 Å². The first-order valence-corrected chi connectivity index (χ1v) is 11.6. The molecule has 2 aromatic rings. The molecule has 0 unspecified atom stereocenters. The van der Waals surface area contributed by atoms with E-state index in [1.807, 2.05) is 0 Å². The summed E-state index contributed by atoms with van der Waals surface area (Å²) in [6.07, 6.45) is 1.67. The molecule has 1 N–H and O–H groups in total. The first-order chi connectivity index (χ1) is 15.7. The zero-order chi connectivity index (χ0) is 23.8. The van der Waals surface area contributed by atoms with Crippen LogP contribution in [0.1, 0.15) is 39.1 Å². The highest BCUT2D eigenvalue weighted by Gasteiger charge is 2.41. The van der Waals surface area contributed by atoms with E-state index in [-0.39, 0.29) is 22.6 Å². The molecule has 0 aromatic heterocycles. The first kappa shape index (κ1) is 22.6. The second-order valence-electron chi connectivity index (χ2n) is 7.69. The van der Waals surface area contributed by atoms with Gasteiger partial charge in [0.15, 0.2) is 0 Å². The number of carbonyl (C=O) groups is 3. The summed E-state index contributed by atoms with van der Waals surface area (Å²) < 4.78 is 26.6. The molecule has 0 bridgehead atoms. The molecule has 2 heterocycles. The van der Waals surface area contributed by atoms with Crippen molar-refractivity contribution in [2.75, 3.05) is 19.6 Å². The van der Waals surface area contributed by atoms with Crippen molar-refractivity contribution in [1.29, 1.82) is 0 Å². The summed E-state index contributed by atoms with van der Waals surface area (Å²) in [4.78, 5) is 48.6. The monoisotopic (exact) mass is 472 g/mol. The zero-order valence-electron chi connectivity index (χ0n) is 17.4. The lowest BCUT2D eigenvalue weighted by molar-refractivity contribution is -0.385. The van der Waals surface area contributed by atoms with Gasteiger partial charge in [0.05, 0.1) is 15.4 Å². The Morgan fingerprint density at radius 2 is 1.70 bits per heavy atom. The van der Waals surface area contributed by atoms with Gasteiger partial charge in [0.25, 0.3) is 17.5 Å². The number of hydrogen-bond donors (Lipinski definition) is 1. The third-order valence-corrected chi connectivity index (χ3v) is 7.50. The molecule has 172 valence electrons. The Balaban J connectivity index is 1.38. The average Bonchev–Trinajstić information content (AvgIpc) is 3.42. The van der Waals surface area contributed by atoms with E-state index in [4.69, 9.17) is 0 Å². The van der Waals surface area contributed by atoms with Gasteiger partial charge in [-0.25, -0.2) is 8.42 Å². The lowest BCUT2D eigenvalue weighted by Crippen LogP contribution is -2.40. The van der Waals surface area contributed by atoms with Crippen molar-refractivity contribution in [3.8, 4) is 0 Å². The van der Waals surface area contributed by atoms with Crippen molar-refractivity contribution in [2.45, 2.75) is 24.3 Å². The Labute approximate surface area is 189 Å². The Kier molecular flexibility index (Phi) is 5.95. The molecule has 0 spiro atoms. The van der Waals surface area contributed by atoms with E-state index in [2.05, 4.69) is 5.32 Å². The number of rotatable bonds is 7. The molecule has 0 saturated carbocycles. The third-order valence-electron chi connectivity index (χ3n) is 5.59. The van der Waals surface area contributed by atoms with Gasteiger partial charge in [-0.05, 0) is 36.6 Å². The van der Waals surface area contributed by atoms with Crippen LogP contribution < -0.4 is 5.32 Å². The van der Waals surface area contributed by atoms with Crippen LogP contribution in [0, 0.1) is 10.1 Å². The van der Waals surface area contributed by atoms with Crippen LogP contribution >= 0.6 is 0 Å². The van der Waals surface area contributed by atoms with E-state index in [9.17, 15) is 32.9 Å². The van der Waals surface area contributed by atoms with Crippen LogP contribution in [0.2, 0.25) is 0 Å². The molecule has 2 aliphatic heterocycles. The number of carbonyl (C=O) groups excluding carboxylic acids is 3. The lowest BCUT2D eigenvalue weighted by Gasteiger charge is -2.16. The zero-order valence-corrected chi connectivity index (χ0v) is 18.2.